The van der Waals surface area contributed by atoms with Gasteiger partial charge in [-0.15, -0.1) is 0 Å². The van der Waals surface area contributed by atoms with Crippen LogP contribution in [0.1, 0.15) is 24.4 Å². The molecule has 1 fully saturated rings. The Morgan fingerprint density at radius 2 is 1.89 bits per heavy atom. The SMILES string of the molecule is O=C(O)C1CCNC(c2cc(F)c(F)c(F)c2)C1. The van der Waals surface area contributed by atoms with Crippen LogP contribution in [-0.2, 0) is 4.79 Å². The van der Waals surface area contributed by atoms with E-state index in [-0.39, 0.29) is 12.0 Å². The molecule has 1 aromatic rings. The van der Waals surface area contributed by atoms with E-state index >= 15 is 0 Å². The van der Waals surface area contributed by atoms with Gasteiger partial charge in [0.1, 0.15) is 0 Å². The number of hydrogen-bond donors (Lipinski definition) is 2. The number of carboxylic acid groups (broad SMARTS) is 1. The summed E-state index contributed by atoms with van der Waals surface area (Å²) in [6, 6.07) is 1.34. The van der Waals surface area contributed by atoms with E-state index in [1.807, 2.05) is 0 Å². The number of carbonyl (C=O) groups is 1. The van der Waals surface area contributed by atoms with E-state index < -0.39 is 35.4 Å². The third-order valence-electron chi connectivity index (χ3n) is 3.16. The van der Waals surface area contributed by atoms with Crippen LogP contribution in [0, 0.1) is 23.4 Å². The Labute approximate surface area is 102 Å². The standard InChI is InChI=1S/C12H12F3NO2/c13-8-3-7(4-9(14)11(8)15)10-5-6(12(17)18)1-2-16-10/h3-4,6,10,16H,1-2,5H2,(H,17,18). The van der Waals surface area contributed by atoms with Gasteiger partial charge in [0.15, 0.2) is 17.5 Å². The van der Waals surface area contributed by atoms with Crippen molar-refractivity contribution in [2.45, 2.75) is 18.9 Å². The van der Waals surface area contributed by atoms with Crippen molar-refractivity contribution in [3.8, 4) is 0 Å². The molecule has 0 radical (unpaired) electrons. The summed E-state index contributed by atoms with van der Waals surface area (Å²) in [6.45, 7) is 0.447. The molecule has 2 unspecified atom stereocenters. The monoisotopic (exact) mass is 259 g/mol. The van der Waals surface area contributed by atoms with Crippen LogP contribution in [0.2, 0.25) is 0 Å². The Morgan fingerprint density at radius 3 is 2.44 bits per heavy atom. The van der Waals surface area contributed by atoms with Crippen LogP contribution in [-0.4, -0.2) is 17.6 Å². The highest BCUT2D eigenvalue weighted by atomic mass is 19.2. The van der Waals surface area contributed by atoms with E-state index in [0.29, 0.717) is 13.0 Å². The summed E-state index contributed by atoms with van der Waals surface area (Å²) in [4.78, 5) is 10.9. The van der Waals surface area contributed by atoms with Crippen molar-refractivity contribution in [2.24, 2.45) is 5.92 Å². The molecule has 0 saturated carbocycles. The van der Waals surface area contributed by atoms with Gasteiger partial charge in [0.05, 0.1) is 5.92 Å². The van der Waals surface area contributed by atoms with Crippen LogP contribution in [0.4, 0.5) is 13.2 Å². The first-order valence-electron chi connectivity index (χ1n) is 5.59. The van der Waals surface area contributed by atoms with E-state index in [0.717, 1.165) is 12.1 Å². The van der Waals surface area contributed by atoms with Crippen LogP contribution in [0.3, 0.4) is 0 Å². The van der Waals surface area contributed by atoms with E-state index in [1.165, 1.54) is 0 Å². The summed E-state index contributed by atoms with van der Waals surface area (Å²) in [5, 5.41) is 11.9. The number of nitrogens with one attached hydrogen (secondary N) is 1. The molecule has 1 heterocycles. The zero-order chi connectivity index (χ0) is 13.3. The maximum Gasteiger partial charge on any atom is 0.306 e. The van der Waals surface area contributed by atoms with Crippen molar-refractivity contribution >= 4 is 5.97 Å². The molecule has 6 heteroatoms. The summed E-state index contributed by atoms with van der Waals surface area (Å²) < 4.78 is 39.0. The van der Waals surface area contributed by atoms with Crippen LogP contribution in [0.25, 0.3) is 0 Å². The third kappa shape index (κ3) is 2.48. The summed E-state index contributed by atoms with van der Waals surface area (Å²) in [6.07, 6.45) is 0.706. The minimum Gasteiger partial charge on any atom is -0.481 e. The molecule has 0 bridgehead atoms. The smallest absolute Gasteiger partial charge is 0.306 e. The number of hydrogen-bond acceptors (Lipinski definition) is 2. The zero-order valence-electron chi connectivity index (χ0n) is 9.42. The first-order valence-corrected chi connectivity index (χ1v) is 5.59. The molecule has 0 aliphatic carbocycles. The van der Waals surface area contributed by atoms with Crippen molar-refractivity contribution in [2.75, 3.05) is 6.54 Å². The lowest BCUT2D eigenvalue weighted by Crippen LogP contribution is -2.35. The average molecular weight is 259 g/mol. The molecule has 18 heavy (non-hydrogen) atoms. The lowest BCUT2D eigenvalue weighted by atomic mass is 9.89. The fourth-order valence-electron chi connectivity index (χ4n) is 2.17. The largest absolute Gasteiger partial charge is 0.481 e. The maximum absolute atomic E-state index is 13.1. The fraction of sp³-hybridized carbons (Fsp3) is 0.417. The predicted octanol–water partition coefficient (Wildman–Crippen LogP) is 2.23. The molecule has 1 aliphatic rings. The first-order chi connectivity index (χ1) is 8.49. The van der Waals surface area contributed by atoms with Gasteiger partial charge < -0.3 is 10.4 Å². The molecule has 1 saturated heterocycles. The Morgan fingerprint density at radius 1 is 1.28 bits per heavy atom. The predicted molar refractivity (Wildman–Crippen MR) is 57.4 cm³/mol. The van der Waals surface area contributed by atoms with Crippen LogP contribution in [0.5, 0.6) is 0 Å². The van der Waals surface area contributed by atoms with Gasteiger partial charge in [0, 0.05) is 6.04 Å². The zero-order valence-corrected chi connectivity index (χ0v) is 9.42. The van der Waals surface area contributed by atoms with E-state index in [1.54, 1.807) is 0 Å². The molecule has 1 aromatic carbocycles. The van der Waals surface area contributed by atoms with Crippen molar-refractivity contribution < 1.29 is 23.1 Å². The Kier molecular flexibility index (Phi) is 3.56. The second-order valence-corrected chi connectivity index (χ2v) is 4.36. The van der Waals surface area contributed by atoms with Crippen LogP contribution >= 0.6 is 0 Å². The number of benzene rings is 1. The number of aliphatic carboxylic acids is 1. The Balaban J connectivity index is 2.23. The number of piperidine rings is 1. The van der Waals surface area contributed by atoms with Gasteiger partial charge in [-0.05, 0) is 37.1 Å². The van der Waals surface area contributed by atoms with E-state index in [4.69, 9.17) is 5.11 Å². The van der Waals surface area contributed by atoms with Gasteiger partial charge in [-0.2, -0.15) is 0 Å². The van der Waals surface area contributed by atoms with Gasteiger partial charge in [-0.25, -0.2) is 13.2 Å². The molecule has 98 valence electrons. The molecule has 2 atom stereocenters. The van der Waals surface area contributed by atoms with Gasteiger partial charge in [0.2, 0.25) is 0 Å². The fourth-order valence-corrected chi connectivity index (χ4v) is 2.17. The molecule has 1 aliphatic heterocycles. The number of rotatable bonds is 2. The maximum atomic E-state index is 13.1. The molecule has 0 aromatic heterocycles. The summed E-state index contributed by atoms with van der Waals surface area (Å²) in [5.74, 6) is -5.50. The highest BCUT2D eigenvalue weighted by Crippen LogP contribution is 2.29. The van der Waals surface area contributed by atoms with Gasteiger partial charge in [0.25, 0.3) is 0 Å². The van der Waals surface area contributed by atoms with Crippen molar-refractivity contribution in [1.29, 1.82) is 0 Å². The lowest BCUT2D eigenvalue weighted by molar-refractivity contribution is -0.143. The van der Waals surface area contributed by atoms with E-state index in [2.05, 4.69) is 5.32 Å². The van der Waals surface area contributed by atoms with E-state index in [9.17, 15) is 18.0 Å². The number of halogens is 3. The van der Waals surface area contributed by atoms with Gasteiger partial charge in [-0.3, -0.25) is 4.79 Å². The van der Waals surface area contributed by atoms with Crippen molar-refractivity contribution in [3.63, 3.8) is 0 Å². The molecular formula is C12H12F3NO2. The van der Waals surface area contributed by atoms with Crippen LogP contribution < -0.4 is 5.32 Å². The minimum atomic E-state index is -1.51. The quantitative estimate of drug-likeness (QED) is 0.801. The molecule has 0 spiro atoms. The molecular weight excluding hydrogens is 247 g/mol. The Bertz CT molecular complexity index is 455. The van der Waals surface area contributed by atoms with Gasteiger partial charge in [-0.1, -0.05) is 0 Å². The average Bonchev–Trinajstić information content (AvgIpc) is 2.35. The Hall–Kier alpha value is -1.56. The normalized spacial score (nSPS) is 23.9. The molecule has 0 amide bonds. The minimum absolute atomic E-state index is 0.234. The van der Waals surface area contributed by atoms with Crippen molar-refractivity contribution in [1.82, 2.24) is 5.32 Å². The highest BCUT2D eigenvalue weighted by Gasteiger charge is 2.28. The molecule has 3 nitrogen and oxygen atoms in total. The molecule has 2 rings (SSSR count). The highest BCUT2D eigenvalue weighted by molar-refractivity contribution is 5.70. The lowest BCUT2D eigenvalue weighted by Gasteiger charge is -2.28. The molecule has 2 N–H and O–H groups in total. The van der Waals surface area contributed by atoms with Gasteiger partial charge >= 0.3 is 5.97 Å². The topological polar surface area (TPSA) is 49.3 Å². The first kappa shape index (κ1) is 12.9. The second kappa shape index (κ2) is 4.97. The second-order valence-electron chi connectivity index (χ2n) is 4.36. The third-order valence-corrected chi connectivity index (χ3v) is 3.16. The summed E-state index contributed by atoms with van der Waals surface area (Å²) in [5.41, 5.74) is 0.234. The van der Waals surface area contributed by atoms with Crippen molar-refractivity contribution in [3.05, 3.63) is 35.1 Å². The van der Waals surface area contributed by atoms with Crippen LogP contribution in [0.15, 0.2) is 12.1 Å². The summed E-state index contributed by atoms with van der Waals surface area (Å²) >= 11 is 0. The number of carboxylic acids is 1. The summed E-state index contributed by atoms with van der Waals surface area (Å²) in [7, 11) is 0.